The Balaban J connectivity index is 1.80. The second-order valence-electron chi connectivity index (χ2n) is 6.01. The summed E-state index contributed by atoms with van der Waals surface area (Å²) in [7, 11) is 0. The van der Waals surface area contributed by atoms with E-state index in [1.807, 2.05) is 51.1 Å². The second-order valence-corrected chi connectivity index (χ2v) is 7.21. The van der Waals surface area contributed by atoms with E-state index in [1.54, 1.807) is 0 Å². The number of nitrogens with zero attached hydrogens (tertiary/aromatic N) is 1. The molecule has 0 aliphatic carbocycles. The number of aromatic nitrogens is 1. The third-order valence-corrected chi connectivity index (χ3v) is 4.15. The van der Waals surface area contributed by atoms with Crippen LogP contribution in [0.1, 0.15) is 25.1 Å². The van der Waals surface area contributed by atoms with Crippen molar-refractivity contribution in [3.8, 4) is 11.3 Å². The minimum atomic E-state index is -0.502. The topological polar surface area (TPSA) is 80.3 Å². The van der Waals surface area contributed by atoms with Gasteiger partial charge in [0.1, 0.15) is 0 Å². The maximum Gasteiger partial charge on any atom is 0.407 e. The Hall–Kier alpha value is -2.41. The summed E-state index contributed by atoms with van der Waals surface area (Å²) in [5.41, 5.74) is 1.89. The zero-order valence-corrected chi connectivity index (χ0v) is 15.5. The fraction of sp³-hybridized carbons (Fsp3) is 0.389. The Morgan fingerprint density at radius 3 is 2.64 bits per heavy atom. The van der Waals surface area contributed by atoms with E-state index < -0.39 is 6.09 Å². The largest absolute Gasteiger partial charge is 0.449 e. The highest BCUT2D eigenvalue weighted by Crippen LogP contribution is 2.30. The van der Waals surface area contributed by atoms with Crippen molar-refractivity contribution >= 4 is 28.5 Å². The van der Waals surface area contributed by atoms with Crippen molar-refractivity contribution in [2.24, 2.45) is 5.92 Å². The van der Waals surface area contributed by atoms with E-state index in [4.69, 9.17) is 4.74 Å². The molecule has 2 aromatic rings. The third-order valence-electron chi connectivity index (χ3n) is 3.26. The first kappa shape index (κ1) is 18.9. The Bertz CT molecular complexity index is 714. The minimum absolute atomic E-state index is 0.163. The summed E-state index contributed by atoms with van der Waals surface area (Å²) in [6, 6.07) is 9.83. The average molecular weight is 361 g/mol. The van der Waals surface area contributed by atoms with Crippen LogP contribution in [0.3, 0.4) is 0 Å². The Morgan fingerprint density at radius 1 is 1.24 bits per heavy atom. The number of hydrogen-bond donors (Lipinski definition) is 2. The van der Waals surface area contributed by atoms with Crippen molar-refractivity contribution in [3.63, 3.8) is 0 Å². The SMILES string of the molecule is Cc1sc(NC(=O)CCNC(=O)OCC(C)C)nc1-c1ccccc1. The lowest BCUT2D eigenvalue weighted by atomic mass is 10.1. The van der Waals surface area contributed by atoms with Gasteiger partial charge in [-0.15, -0.1) is 11.3 Å². The zero-order chi connectivity index (χ0) is 18.2. The first-order chi connectivity index (χ1) is 12.0. The van der Waals surface area contributed by atoms with E-state index in [9.17, 15) is 9.59 Å². The highest BCUT2D eigenvalue weighted by Gasteiger charge is 2.12. The first-order valence-electron chi connectivity index (χ1n) is 8.19. The Labute approximate surface area is 151 Å². The molecule has 0 saturated carbocycles. The number of anilines is 1. The molecule has 0 saturated heterocycles. The second kappa shape index (κ2) is 9.17. The lowest BCUT2D eigenvalue weighted by molar-refractivity contribution is -0.116. The molecule has 1 aromatic heterocycles. The maximum absolute atomic E-state index is 12.0. The van der Waals surface area contributed by atoms with Crippen LogP contribution in [0.15, 0.2) is 30.3 Å². The van der Waals surface area contributed by atoms with Crippen molar-refractivity contribution in [3.05, 3.63) is 35.2 Å². The van der Waals surface area contributed by atoms with Crippen LogP contribution in [0.4, 0.5) is 9.93 Å². The number of benzene rings is 1. The predicted molar refractivity (Wildman–Crippen MR) is 99.7 cm³/mol. The van der Waals surface area contributed by atoms with E-state index in [1.165, 1.54) is 11.3 Å². The summed E-state index contributed by atoms with van der Waals surface area (Å²) in [5.74, 6) is 0.0820. The summed E-state index contributed by atoms with van der Waals surface area (Å²) < 4.78 is 4.98. The standard InChI is InChI=1S/C18H23N3O3S/c1-12(2)11-24-18(23)19-10-9-15(22)20-17-21-16(13(3)25-17)14-7-5-4-6-8-14/h4-8,12H,9-11H2,1-3H3,(H,19,23)(H,20,21,22). The van der Waals surface area contributed by atoms with Crippen molar-refractivity contribution in [1.82, 2.24) is 10.3 Å². The van der Waals surface area contributed by atoms with Gasteiger partial charge in [-0.05, 0) is 12.8 Å². The molecule has 7 heteroatoms. The van der Waals surface area contributed by atoms with E-state index in [0.29, 0.717) is 11.7 Å². The summed E-state index contributed by atoms with van der Waals surface area (Å²) in [6.07, 6.45) is -0.339. The van der Waals surface area contributed by atoms with Crippen LogP contribution < -0.4 is 10.6 Å². The van der Waals surface area contributed by atoms with Gasteiger partial charge in [0.05, 0.1) is 12.3 Å². The molecule has 0 spiro atoms. The number of alkyl carbamates (subject to hydrolysis) is 1. The molecule has 0 atom stereocenters. The van der Waals surface area contributed by atoms with Gasteiger partial charge in [-0.2, -0.15) is 0 Å². The lowest BCUT2D eigenvalue weighted by Crippen LogP contribution is -2.29. The number of thiazole rings is 1. The van der Waals surface area contributed by atoms with Gasteiger partial charge < -0.3 is 15.4 Å². The molecule has 0 aliphatic heterocycles. The summed E-state index contributed by atoms with van der Waals surface area (Å²) in [6.45, 7) is 6.47. The van der Waals surface area contributed by atoms with Gasteiger partial charge in [-0.3, -0.25) is 4.79 Å². The van der Waals surface area contributed by atoms with Crippen LogP contribution >= 0.6 is 11.3 Å². The minimum Gasteiger partial charge on any atom is -0.449 e. The van der Waals surface area contributed by atoms with Crippen molar-refractivity contribution in [2.45, 2.75) is 27.2 Å². The molecule has 2 N–H and O–H groups in total. The fourth-order valence-electron chi connectivity index (χ4n) is 2.07. The third kappa shape index (κ3) is 6.19. The number of nitrogens with one attached hydrogen (secondary N) is 2. The molecule has 0 unspecified atom stereocenters. The summed E-state index contributed by atoms with van der Waals surface area (Å²) in [5, 5.41) is 5.89. The van der Waals surface area contributed by atoms with E-state index in [-0.39, 0.29) is 24.8 Å². The molecule has 2 rings (SSSR count). The fourth-order valence-corrected chi connectivity index (χ4v) is 2.92. The molecular weight excluding hydrogens is 338 g/mol. The smallest absolute Gasteiger partial charge is 0.407 e. The van der Waals surface area contributed by atoms with Crippen LogP contribution in [0.25, 0.3) is 11.3 Å². The van der Waals surface area contributed by atoms with E-state index in [2.05, 4.69) is 15.6 Å². The van der Waals surface area contributed by atoms with Gasteiger partial charge in [-0.1, -0.05) is 44.2 Å². The van der Waals surface area contributed by atoms with Crippen molar-refractivity contribution < 1.29 is 14.3 Å². The van der Waals surface area contributed by atoms with Crippen LogP contribution in [0, 0.1) is 12.8 Å². The molecule has 2 amide bonds. The van der Waals surface area contributed by atoms with Crippen molar-refractivity contribution in [2.75, 3.05) is 18.5 Å². The molecule has 0 aliphatic rings. The van der Waals surface area contributed by atoms with Crippen LogP contribution in [0.5, 0.6) is 0 Å². The number of carbonyl (C=O) groups excluding carboxylic acids is 2. The molecule has 0 bridgehead atoms. The van der Waals surface area contributed by atoms with Gasteiger partial charge >= 0.3 is 6.09 Å². The first-order valence-corrected chi connectivity index (χ1v) is 9.00. The van der Waals surface area contributed by atoms with Gasteiger partial charge in [0.15, 0.2) is 5.13 Å². The van der Waals surface area contributed by atoms with Crippen molar-refractivity contribution in [1.29, 1.82) is 0 Å². The number of rotatable bonds is 7. The van der Waals surface area contributed by atoms with Gasteiger partial charge in [0.2, 0.25) is 5.91 Å². The normalized spacial score (nSPS) is 10.6. The zero-order valence-electron chi connectivity index (χ0n) is 14.7. The van der Waals surface area contributed by atoms with E-state index >= 15 is 0 Å². The Morgan fingerprint density at radius 2 is 1.96 bits per heavy atom. The molecule has 1 heterocycles. The van der Waals surface area contributed by atoms with Gasteiger partial charge in [0, 0.05) is 23.4 Å². The van der Waals surface area contributed by atoms with Crippen LogP contribution in [-0.2, 0) is 9.53 Å². The molecular formula is C18H23N3O3S. The highest BCUT2D eigenvalue weighted by molar-refractivity contribution is 7.16. The quantitative estimate of drug-likeness (QED) is 0.785. The van der Waals surface area contributed by atoms with Crippen LogP contribution in [-0.4, -0.2) is 30.1 Å². The average Bonchev–Trinajstić information content (AvgIpc) is 2.94. The van der Waals surface area contributed by atoms with Crippen LogP contribution in [0.2, 0.25) is 0 Å². The molecule has 25 heavy (non-hydrogen) atoms. The molecule has 134 valence electrons. The lowest BCUT2D eigenvalue weighted by Gasteiger charge is -2.08. The van der Waals surface area contributed by atoms with Gasteiger partial charge in [0.25, 0.3) is 0 Å². The molecule has 0 radical (unpaired) electrons. The number of carbonyl (C=O) groups is 2. The van der Waals surface area contributed by atoms with Gasteiger partial charge in [-0.25, -0.2) is 9.78 Å². The number of ether oxygens (including phenoxy) is 1. The maximum atomic E-state index is 12.0. The number of hydrogen-bond acceptors (Lipinski definition) is 5. The summed E-state index contributed by atoms with van der Waals surface area (Å²) in [4.78, 5) is 28.9. The molecule has 1 aromatic carbocycles. The highest BCUT2D eigenvalue weighted by atomic mass is 32.1. The predicted octanol–water partition coefficient (Wildman–Crippen LogP) is 3.83. The Kier molecular flexibility index (Phi) is 6.94. The molecule has 6 nitrogen and oxygen atoms in total. The monoisotopic (exact) mass is 361 g/mol. The summed E-state index contributed by atoms with van der Waals surface area (Å²) >= 11 is 1.43. The molecule has 0 fully saturated rings. The van der Waals surface area contributed by atoms with E-state index in [0.717, 1.165) is 16.1 Å². The number of aryl methyl sites for hydroxylation is 1. The number of amides is 2.